The van der Waals surface area contributed by atoms with Crippen LogP contribution in [0.5, 0.6) is 0 Å². The summed E-state index contributed by atoms with van der Waals surface area (Å²) in [5, 5.41) is 11.7. The van der Waals surface area contributed by atoms with E-state index in [9.17, 15) is 4.79 Å². The molecule has 1 atom stereocenters. The molecule has 0 aromatic heterocycles. The molecule has 0 bridgehead atoms. The van der Waals surface area contributed by atoms with E-state index in [1.807, 2.05) is 54.6 Å². The maximum atomic E-state index is 12.2. The van der Waals surface area contributed by atoms with Crippen LogP contribution in [-0.2, 0) is 11.2 Å². The predicted octanol–water partition coefficient (Wildman–Crippen LogP) is 2.25. The van der Waals surface area contributed by atoms with Crippen LogP contribution in [0.2, 0.25) is 0 Å². The number of aliphatic hydroxyl groups excluding tert-OH is 1. The van der Waals surface area contributed by atoms with Gasteiger partial charge < -0.3 is 16.2 Å². The zero-order chi connectivity index (χ0) is 15.1. The van der Waals surface area contributed by atoms with Crippen molar-refractivity contribution in [2.24, 2.45) is 5.73 Å². The summed E-state index contributed by atoms with van der Waals surface area (Å²) in [6, 6.07) is 16.2. The fourth-order valence-electron chi connectivity index (χ4n) is 2.12. The summed E-state index contributed by atoms with van der Waals surface area (Å²) in [6.07, 6.45) is 1.49. The van der Waals surface area contributed by atoms with Gasteiger partial charge in [0.15, 0.2) is 0 Å². The van der Waals surface area contributed by atoms with Gasteiger partial charge in [-0.2, -0.15) is 0 Å². The van der Waals surface area contributed by atoms with Gasteiger partial charge in [0.25, 0.3) is 0 Å². The number of hydrogen-bond acceptors (Lipinski definition) is 3. The molecule has 0 saturated carbocycles. The van der Waals surface area contributed by atoms with Gasteiger partial charge in [-0.25, -0.2) is 0 Å². The van der Waals surface area contributed by atoms with E-state index in [1.165, 1.54) is 0 Å². The van der Waals surface area contributed by atoms with Crippen molar-refractivity contribution >= 4 is 11.6 Å². The van der Waals surface area contributed by atoms with Crippen molar-refractivity contribution in [1.82, 2.24) is 0 Å². The van der Waals surface area contributed by atoms with Crippen molar-refractivity contribution in [1.29, 1.82) is 0 Å². The van der Waals surface area contributed by atoms with Crippen LogP contribution in [0.3, 0.4) is 0 Å². The van der Waals surface area contributed by atoms with Gasteiger partial charge in [0.1, 0.15) is 6.04 Å². The normalized spacial score (nSPS) is 11.9. The first-order valence-corrected chi connectivity index (χ1v) is 7.02. The lowest BCUT2D eigenvalue weighted by molar-refractivity contribution is -0.117. The summed E-state index contributed by atoms with van der Waals surface area (Å²) in [6.45, 7) is 0.162. The second kappa shape index (κ2) is 7.57. The van der Waals surface area contributed by atoms with Crippen molar-refractivity contribution in [3.05, 3.63) is 65.7 Å². The Balaban J connectivity index is 2.02. The van der Waals surface area contributed by atoms with Crippen LogP contribution in [0.4, 0.5) is 5.69 Å². The number of amides is 1. The molecule has 4 N–H and O–H groups in total. The molecule has 0 heterocycles. The Morgan fingerprint density at radius 2 is 1.90 bits per heavy atom. The molecule has 2 aromatic carbocycles. The molecule has 0 saturated heterocycles. The molecule has 0 aliphatic carbocycles. The van der Waals surface area contributed by atoms with Crippen LogP contribution < -0.4 is 11.1 Å². The van der Waals surface area contributed by atoms with Gasteiger partial charge >= 0.3 is 0 Å². The van der Waals surface area contributed by atoms with Gasteiger partial charge in [0, 0.05) is 12.3 Å². The first-order valence-electron chi connectivity index (χ1n) is 7.02. The standard InChI is InChI=1S/C17H20N2O2/c18-16(14-8-2-1-3-9-14)17(21)19-15-10-4-6-13(12-15)7-5-11-20/h1-4,6,8-10,12,16,20H,5,7,11,18H2,(H,19,21)/t16-/m0/s1. The van der Waals surface area contributed by atoms with Crippen molar-refractivity contribution in [3.8, 4) is 0 Å². The Hall–Kier alpha value is -2.17. The molecule has 0 aliphatic rings. The molecular weight excluding hydrogens is 264 g/mol. The molecule has 1 amide bonds. The number of rotatable bonds is 6. The third-order valence-corrected chi connectivity index (χ3v) is 3.26. The van der Waals surface area contributed by atoms with Crippen LogP contribution in [0.25, 0.3) is 0 Å². The van der Waals surface area contributed by atoms with Crippen LogP contribution in [0.15, 0.2) is 54.6 Å². The molecule has 4 nitrogen and oxygen atoms in total. The highest BCUT2D eigenvalue weighted by atomic mass is 16.2. The lowest BCUT2D eigenvalue weighted by atomic mass is 10.1. The van der Waals surface area contributed by atoms with Crippen LogP contribution >= 0.6 is 0 Å². The summed E-state index contributed by atoms with van der Waals surface area (Å²) < 4.78 is 0. The summed E-state index contributed by atoms with van der Waals surface area (Å²) in [7, 11) is 0. The number of nitrogens with two attached hydrogens (primary N) is 1. The first-order chi connectivity index (χ1) is 10.2. The van der Waals surface area contributed by atoms with Gasteiger partial charge in [-0.05, 0) is 36.1 Å². The second-order valence-electron chi connectivity index (χ2n) is 4.91. The number of carbonyl (C=O) groups excluding carboxylic acids is 1. The fraction of sp³-hybridized carbons (Fsp3) is 0.235. The largest absolute Gasteiger partial charge is 0.396 e. The second-order valence-corrected chi connectivity index (χ2v) is 4.91. The van der Waals surface area contributed by atoms with E-state index in [0.29, 0.717) is 6.42 Å². The first kappa shape index (κ1) is 15.2. The number of carbonyl (C=O) groups is 1. The fourth-order valence-corrected chi connectivity index (χ4v) is 2.12. The van der Waals surface area contributed by atoms with Gasteiger partial charge in [0.2, 0.25) is 5.91 Å². The number of anilines is 1. The van der Waals surface area contributed by atoms with Crippen molar-refractivity contribution in [2.45, 2.75) is 18.9 Å². The quantitative estimate of drug-likeness (QED) is 0.761. The van der Waals surface area contributed by atoms with E-state index >= 15 is 0 Å². The van der Waals surface area contributed by atoms with E-state index in [0.717, 1.165) is 23.2 Å². The smallest absolute Gasteiger partial charge is 0.245 e. The van der Waals surface area contributed by atoms with Crippen LogP contribution in [-0.4, -0.2) is 17.6 Å². The Bertz CT molecular complexity index is 584. The Morgan fingerprint density at radius 1 is 1.14 bits per heavy atom. The van der Waals surface area contributed by atoms with Gasteiger partial charge in [-0.1, -0.05) is 42.5 Å². The van der Waals surface area contributed by atoms with E-state index < -0.39 is 6.04 Å². The molecule has 4 heteroatoms. The van der Waals surface area contributed by atoms with Gasteiger partial charge in [-0.15, -0.1) is 0 Å². The van der Waals surface area contributed by atoms with E-state index in [-0.39, 0.29) is 12.5 Å². The SMILES string of the molecule is N[C@H](C(=O)Nc1cccc(CCCO)c1)c1ccccc1. The molecule has 0 spiro atoms. The van der Waals surface area contributed by atoms with E-state index in [4.69, 9.17) is 10.8 Å². The summed E-state index contributed by atoms with van der Waals surface area (Å²) in [5.41, 5.74) is 8.55. The van der Waals surface area contributed by atoms with E-state index in [1.54, 1.807) is 0 Å². The van der Waals surface area contributed by atoms with Crippen LogP contribution in [0.1, 0.15) is 23.6 Å². The number of aryl methyl sites for hydroxylation is 1. The predicted molar refractivity (Wildman–Crippen MR) is 83.8 cm³/mol. The number of benzene rings is 2. The molecule has 0 unspecified atom stereocenters. The lowest BCUT2D eigenvalue weighted by Gasteiger charge is -2.13. The molecule has 0 aliphatic heterocycles. The lowest BCUT2D eigenvalue weighted by Crippen LogP contribution is -2.27. The van der Waals surface area contributed by atoms with Crippen LogP contribution in [0, 0.1) is 0 Å². The highest BCUT2D eigenvalue weighted by Gasteiger charge is 2.15. The molecular formula is C17H20N2O2. The minimum absolute atomic E-state index is 0.162. The molecule has 0 fully saturated rings. The Labute approximate surface area is 124 Å². The Morgan fingerprint density at radius 3 is 2.62 bits per heavy atom. The van der Waals surface area contributed by atoms with Crippen molar-refractivity contribution < 1.29 is 9.90 Å². The zero-order valence-corrected chi connectivity index (χ0v) is 11.8. The van der Waals surface area contributed by atoms with E-state index in [2.05, 4.69) is 5.32 Å². The average Bonchev–Trinajstić information content (AvgIpc) is 2.53. The third-order valence-electron chi connectivity index (χ3n) is 3.26. The molecule has 0 radical (unpaired) electrons. The van der Waals surface area contributed by atoms with Crippen molar-refractivity contribution in [3.63, 3.8) is 0 Å². The minimum atomic E-state index is -0.688. The number of hydrogen-bond donors (Lipinski definition) is 3. The summed E-state index contributed by atoms with van der Waals surface area (Å²) in [4.78, 5) is 12.2. The maximum Gasteiger partial charge on any atom is 0.245 e. The average molecular weight is 284 g/mol. The maximum absolute atomic E-state index is 12.2. The summed E-state index contributed by atoms with van der Waals surface area (Å²) >= 11 is 0. The van der Waals surface area contributed by atoms with Gasteiger partial charge in [0.05, 0.1) is 0 Å². The summed E-state index contributed by atoms with van der Waals surface area (Å²) in [5.74, 6) is -0.236. The number of aliphatic hydroxyl groups is 1. The topological polar surface area (TPSA) is 75.4 Å². The number of nitrogens with one attached hydrogen (secondary N) is 1. The monoisotopic (exact) mass is 284 g/mol. The molecule has 110 valence electrons. The molecule has 21 heavy (non-hydrogen) atoms. The minimum Gasteiger partial charge on any atom is -0.396 e. The molecule has 2 aromatic rings. The molecule has 2 rings (SSSR count). The highest BCUT2D eigenvalue weighted by Crippen LogP contribution is 2.16. The zero-order valence-electron chi connectivity index (χ0n) is 11.8. The van der Waals surface area contributed by atoms with Crippen molar-refractivity contribution in [2.75, 3.05) is 11.9 Å². The third kappa shape index (κ3) is 4.41. The highest BCUT2D eigenvalue weighted by molar-refractivity contribution is 5.95. The van der Waals surface area contributed by atoms with Gasteiger partial charge in [-0.3, -0.25) is 4.79 Å². The Kier molecular flexibility index (Phi) is 5.49.